The normalized spacial score (nSPS) is 22.5. The van der Waals surface area contributed by atoms with Crippen molar-refractivity contribution >= 4 is 17.5 Å². The minimum Gasteiger partial charge on any atom is -0.490 e. The number of likely N-dealkylation sites (N-methyl/N-ethyl adjacent to an activating group) is 1. The second-order valence-electron chi connectivity index (χ2n) is 11.2. The fourth-order valence-corrected chi connectivity index (χ4v) is 4.60. The first-order valence-electron chi connectivity index (χ1n) is 13.9. The quantitative estimate of drug-likeness (QED) is 0.502. The Morgan fingerprint density at radius 2 is 1.92 bits per heavy atom. The third-order valence-corrected chi connectivity index (χ3v) is 6.89. The molecular weight excluding hydrogens is 484 g/mol. The van der Waals surface area contributed by atoms with Gasteiger partial charge in [-0.05, 0) is 92.5 Å². The SMILES string of the molecule is C[C@H]1CCCCO[C@H](CN(C)C)[C@@H](C)CN([C@@H](C)CO)C(=O)c2cc(NC(=O)CCCN(C)C)ccc2O1. The first-order valence-corrected chi connectivity index (χ1v) is 13.9. The number of nitrogens with zero attached hydrogens (tertiary/aromatic N) is 3. The molecule has 0 fully saturated rings. The van der Waals surface area contributed by atoms with Gasteiger partial charge in [0.1, 0.15) is 5.75 Å². The summed E-state index contributed by atoms with van der Waals surface area (Å²) >= 11 is 0. The highest BCUT2D eigenvalue weighted by atomic mass is 16.5. The third kappa shape index (κ3) is 10.5. The zero-order chi connectivity index (χ0) is 28.2. The van der Waals surface area contributed by atoms with E-state index in [0.717, 1.165) is 38.8 Å². The Balaban J connectivity index is 2.40. The van der Waals surface area contributed by atoms with E-state index in [4.69, 9.17) is 9.47 Å². The number of amides is 2. The molecule has 0 unspecified atom stereocenters. The molecule has 1 aromatic carbocycles. The van der Waals surface area contributed by atoms with Crippen molar-refractivity contribution in [1.29, 1.82) is 0 Å². The molecule has 0 spiro atoms. The maximum Gasteiger partial charge on any atom is 0.258 e. The highest BCUT2D eigenvalue weighted by Crippen LogP contribution is 2.28. The lowest BCUT2D eigenvalue weighted by Gasteiger charge is -2.35. The molecule has 0 aromatic heterocycles. The number of ether oxygens (including phenoxy) is 2. The summed E-state index contributed by atoms with van der Waals surface area (Å²) in [7, 11) is 8.00. The number of hydrogen-bond donors (Lipinski definition) is 2. The first-order chi connectivity index (χ1) is 18.0. The number of nitrogens with one attached hydrogen (secondary N) is 1. The second kappa shape index (κ2) is 16.0. The largest absolute Gasteiger partial charge is 0.490 e. The summed E-state index contributed by atoms with van der Waals surface area (Å²) in [4.78, 5) is 32.4. The average Bonchev–Trinajstić information content (AvgIpc) is 2.85. The Kier molecular flexibility index (Phi) is 13.5. The maximum absolute atomic E-state index is 14.0. The summed E-state index contributed by atoms with van der Waals surface area (Å²) < 4.78 is 12.5. The van der Waals surface area contributed by atoms with E-state index in [2.05, 4.69) is 17.1 Å². The average molecular weight is 535 g/mol. The Hall–Kier alpha value is -2.20. The molecule has 0 aliphatic carbocycles. The molecule has 2 rings (SSSR count). The van der Waals surface area contributed by atoms with Gasteiger partial charge in [-0.1, -0.05) is 6.92 Å². The fourth-order valence-electron chi connectivity index (χ4n) is 4.60. The van der Waals surface area contributed by atoms with Crippen LogP contribution in [-0.4, -0.2) is 111 Å². The van der Waals surface area contributed by atoms with Gasteiger partial charge in [-0.15, -0.1) is 0 Å². The van der Waals surface area contributed by atoms with E-state index in [1.54, 1.807) is 23.1 Å². The number of anilines is 1. The van der Waals surface area contributed by atoms with Crippen molar-refractivity contribution in [3.8, 4) is 5.75 Å². The molecule has 1 aliphatic rings. The number of aliphatic hydroxyl groups is 1. The van der Waals surface area contributed by atoms with Crippen LogP contribution in [0, 0.1) is 5.92 Å². The Bertz CT molecular complexity index is 879. The smallest absolute Gasteiger partial charge is 0.258 e. The van der Waals surface area contributed by atoms with Gasteiger partial charge < -0.3 is 34.6 Å². The van der Waals surface area contributed by atoms with Crippen LogP contribution >= 0.6 is 0 Å². The van der Waals surface area contributed by atoms with E-state index in [-0.39, 0.29) is 36.5 Å². The number of aliphatic hydroxyl groups excluding tert-OH is 1. The first kappa shape index (κ1) is 32.0. The number of fused-ring (bicyclic) bond motifs is 1. The van der Waals surface area contributed by atoms with Crippen molar-refractivity contribution in [2.75, 3.05) is 66.4 Å². The molecule has 1 aliphatic heterocycles. The predicted molar refractivity (Wildman–Crippen MR) is 152 cm³/mol. The van der Waals surface area contributed by atoms with Gasteiger partial charge in [0.05, 0.1) is 30.4 Å². The standard InChI is InChI=1S/C29H50N4O5/c1-21-18-33(22(2)20-34)29(36)25-17-24(30-28(35)12-10-15-31(4)5)13-14-26(25)38-23(3)11-8-9-16-37-27(21)19-32(6)7/h13-14,17,21-23,27,34H,8-12,15-16,18-20H2,1-7H3,(H,30,35)/t21-,22-,23-,27+/m0/s1. The van der Waals surface area contributed by atoms with Crippen LogP contribution in [0.3, 0.4) is 0 Å². The number of carbonyl (C=O) groups is 2. The molecular formula is C29H50N4O5. The summed E-state index contributed by atoms with van der Waals surface area (Å²) in [6.07, 6.45) is 3.75. The highest BCUT2D eigenvalue weighted by Gasteiger charge is 2.30. The predicted octanol–water partition coefficient (Wildman–Crippen LogP) is 3.32. The molecule has 216 valence electrons. The van der Waals surface area contributed by atoms with Crippen LogP contribution in [0.5, 0.6) is 5.75 Å². The third-order valence-electron chi connectivity index (χ3n) is 6.89. The highest BCUT2D eigenvalue weighted by molar-refractivity contribution is 5.99. The van der Waals surface area contributed by atoms with Crippen molar-refractivity contribution in [2.45, 2.75) is 71.1 Å². The van der Waals surface area contributed by atoms with Gasteiger partial charge in [-0.2, -0.15) is 0 Å². The molecule has 0 radical (unpaired) electrons. The minimum atomic E-state index is -0.396. The zero-order valence-electron chi connectivity index (χ0n) is 24.5. The van der Waals surface area contributed by atoms with E-state index in [9.17, 15) is 14.7 Å². The van der Waals surface area contributed by atoms with Gasteiger partial charge in [0.2, 0.25) is 5.91 Å². The van der Waals surface area contributed by atoms with E-state index in [0.29, 0.717) is 36.6 Å². The van der Waals surface area contributed by atoms with Crippen molar-refractivity contribution in [2.24, 2.45) is 5.92 Å². The number of carbonyl (C=O) groups excluding carboxylic acids is 2. The molecule has 0 saturated carbocycles. The van der Waals surface area contributed by atoms with E-state index in [1.807, 2.05) is 46.9 Å². The van der Waals surface area contributed by atoms with Gasteiger partial charge >= 0.3 is 0 Å². The lowest BCUT2D eigenvalue weighted by Crippen LogP contribution is -2.47. The number of benzene rings is 1. The van der Waals surface area contributed by atoms with Crippen LogP contribution < -0.4 is 10.1 Å². The zero-order valence-corrected chi connectivity index (χ0v) is 24.5. The Morgan fingerprint density at radius 3 is 2.58 bits per heavy atom. The van der Waals surface area contributed by atoms with Crippen LogP contribution in [0.1, 0.15) is 63.2 Å². The molecule has 38 heavy (non-hydrogen) atoms. The maximum atomic E-state index is 14.0. The minimum absolute atomic E-state index is 0.0427. The van der Waals surface area contributed by atoms with Crippen LogP contribution in [0.4, 0.5) is 5.69 Å². The Labute approximate surface area is 229 Å². The Morgan fingerprint density at radius 1 is 1.18 bits per heavy atom. The topological polar surface area (TPSA) is 94.6 Å². The van der Waals surface area contributed by atoms with Crippen LogP contribution in [0.25, 0.3) is 0 Å². The summed E-state index contributed by atoms with van der Waals surface area (Å²) in [5.74, 6) is 0.215. The van der Waals surface area contributed by atoms with Gasteiger partial charge in [0.15, 0.2) is 0 Å². The molecule has 0 bridgehead atoms. The molecule has 9 nitrogen and oxygen atoms in total. The molecule has 1 aromatic rings. The van der Waals surface area contributed by atoms with Crippen molar-refractivity contribution in [3.63, 3.8) is 0 Å². The van der Waals surface area contributed by atoms with Crippen molar-refractivity contribution < 1.29 is 24.2 Å². The molecule has 1 heterocycles. The molecule has 0 saturated heterocycles. The van der Waals surface area contributed by atoms with E-state index >= 15 is 0 Å². The summed E-state index contributed by atoms with van der Waals surface area (Å²) in [6.45, 7) is 8.44. The number of rotatable bonds is 9. The molecule has 2 N–H and O–H groups in total. The van der Waals surface area contributed by atoms with Gasteiger partial charge in [0, 0.05) is 37.7 Å². The van der Waals surface area contributed by atoms with Crippen LogP contribution in [-0.2, 0) is 9.53 Å². The van der Waals surface area contributed by atoms with Crippen molar-refractivity contribution in [3.05, 3.63) is 23.8 Å². The van der Waals surface area contributed by atoms with Crippen molar-refractivity contribution in [1.82, 2.24) is 14.7 Å². The van der Waals surface area contributed by atoms with E-state index < -0.39 is 6.04 Å². The lowest BCUT2D eigenvalue weighted by atomic mass is 10.0. The van der Waals surface area contributed by atoms with Crippen LogP contribution in [0.2, 0.25) is 0 Å². The fraction of sp³-hybridized carbons (Fsp3) is 0.724. The molecule has 4 atom stereocenters. The molecule has 9 heteroatoms. The summed E-state index contributed by atoms with van der Waals surface area (Å²) in [5.41, 5.74) is 0.945. The van der Waals surface area contributed by atoms with Gasteiger partial charge in [-0.25, -0.2) is 0 Å². The summed E-state index contributed by atoms with van der Waals surface area (Å²) in [6, 6.07) is 4.87. The summed E-state index contributed by atoms with van der Waals surface area (Å²) in [5, 5.41) is 13.0. The molecule has 2 amide bonds. The van der Waals surface area contributed by atoms with E-state index in [1.165, 1.54) is 0 Å². The number of hydrogen-bond acceptors (Lipinski definition) is 7. The second-order valence-corrected chi connectivity index (χ2v) is 11.2. The van der Waals surface area contributed by atoms with Gasteiger partial charge in [-0.3, -0.25) is 9.59 Å². The van der Waals surface area contributed by atoms with Gasteiger partial charge in [0.25, 0.3) is 5.91 Å². The lowest BCUT2D eigenvalue weighted by molar-refractivity contribution is -0.116. The monoisotopic (exact) mass is 534 g/mol. The van der Waals surface area contributed by atoms with Crippen LogP contribution in [0.15, 0.2) is 18.2 Å².